The molecule has 0 N–H and O–H groups in total. The van der Waals surface area contributed by atoms with Crippen LogP contribution in [-0.4, -0.2) is 5.78 Å². The number of hydrogen-bond donors (Lipinski definition) is 0. The Kier molecular flexibility index (Phi) is 3.73. The van der Waals surface area contributed by atoms with Crippen LogP contribution < -0.4 is 10.4 Å². The maximum absolute atomic E-state index is 12.5. The van der Waals surface area contributed by atoms with E-state index in [9.17, 15) is 9.59 Å². The molecule has 0 fully saturated rings. The van der Waals surface area contributed by atoms with E-state index in [4.69, 9.17) is 9.15 Å². The van der Waals surface area contributed by atoms with Crippen LogP contribution in [0.25, 0.3) is 17.0 Å². The minimum absolute atomic E-state index is 0.00651. The number of ketones is 1. The third-order valence-electron chi connectivity index (χ3n) is 4.31. The second kappa shape index (κ2) is 6.06. The van der Waals surface area contributed by atoms with Crippen molar-refractivity contribution in [2.75, 3.05) is 0 Å². The second-order valence-electron chi connectivity index (χ2n) is 6.15. The first-order chi connectivity index (χ1) is 12.1. The lowest BCUT2D eigenvalue weighted by Crippen LogP contribution is -2.12. The first kappa shape index (κ1) is 15.4. The molecule has 3 aromatic rings. The molecule has 0 amide bonds. The zero-order valence-electron chi connectivity index (χ0n) is 13.7. The summed E-state index contributed by atoms with van der Waals surface area (Å²) in [6.07, 6.45) is 2.08. The highest BCUT2D eigenvalue weighted by atomic mass is 16.5. The summed E-state index contributed by atoms with van der Waals surface area (Å²) in [5, 5.41) is 0.738. The molecule has 0 aliphatic carbocycles. The molecule has 124 valence electrons. The van der Waals surface area contributed by atoms with Crippen molar-refractivity contribution in [3.8, 4) is 5.75 Å². The van der Waals surface area contributed by atoms with Gasteiger partial charge in [-0.05, 0) is 30.7 Å². The van der Waals surface area contributed by atoms with Crippen molar-refractivity contribution in [1.29, 1.82) is 0 Å². The molecule has 0 saturated carbocycles. The Balaban J connectivity index is 1.92. The van der Waals surface area contributed by atoms with Crippen LogP contribution in [-0.2, 0) is 4.79 Å². The molecule has 2 heterocycles. The Bertz CT molecular complexity index is 1040. The number of benzene rings is 2. The summed E-state index contributed by atoms with van der Waals surface area (Å²) in [6, 6.07) is 16.9. The fourth-order valence-electron chi connectivity index (χ4n) is 3.21. The van der Waals surface area contributed by atoms with Gasteiger partial charge in [0, 0.05) is 6.42 Å². The number of ether oxygens (including phenoxy) is 1. The fraction of sp³-hybridized carbons (Fsp3) is 0.143. The van der Waals surface area contributed by atoms with Gasteiger partial charge < -0.3 is 9.15 Å². The first-order valence-corrected chi connectivity index (χ1v) is 8.13. The van der Waals surface area contributed by atoms with Gasteiger partial charge in [0.15, 0.2) is 0 Å². The molecule has 0 spiro atoms. The molecule has 0 saturated heterocycles. The molecular formula is C21H16O4. The molecule has 1 atom stereocenters. The number of carbonyl (C=O) groups excluding carboxylic acids is 1. The van der Waals surface area contributed by atoms with Crippen LogP contribution in [0.2, 0.25) is 0 Å². The Labute approximate surface area is 144 Å². The van der Waals surface area contributed by atoms with Gasteiger partial charge >= 0.3 is 5.63 Å². The van der Waals surface area contributed by atoms with Gasteiger partial charge in [0.2, 0.25) is 0 Å². The van der Waals surface area contributed by atoms with E-state index in [2.05, 4.69) is 0 Å². The van der Waals surface area contributed by atoms with Gasteiger partial charge in [0.25, 0.3) is 0 Å². The Hall–Kier alpha value is -3.14. The van der Waals surface area contributed by atoms with Gasteiger partial charge in [-0.15, -0.1) is 0 Å². The predicted octanol–water partition coefficient (Wildman–Crippen LogP) is 4.29. The number of Topliss-reactive ketones (excluding diaryl/α,β-unsaturated/α-hetero) is 1. The molecule has 0 bridgehead atoms. The zero-order chi connectivity index (χ0) is 17.4. The summed E-state index contributed by atoms with van der Waals surface area (Å²) >= 11 is 0. The SMILES string of the molecule is CC(=O)CC1/C(=C/c2ccccc2)Oc2c1c(=O)oc1ccccc21. The van der Waals surface area contributed by atoms with Crippen LogP contribution in [0.15, 0.2) is 69.6 Å². The predicted molar refractivity (Wildman–Crippen MR) is 95.6 cm³/mol. The van der Waals surface area contributed by atoms with E-state index < -0.39 is 11.5 Å². The second-order valence-corrected chi connectivity index (χ2v) is 6.15. The lowest BCUT2D eigenvalue weighted by molar-refractivity contribution is -0.117. The van der Waals surface area contributed by atoms with Crippen molar-refractivity contribution in [3.05, 3.63) is 81.9 Å². The number of hydrogen-bond acceptors (Lipinski definition) is 4. The summed E-state index contributed by atoms with van der Waals surface area (Å²) < 4.78 is 11.5. The minimum Gasteiger partial charge on any atom is -0.460 e. The fourth-order valence-corrected chi connectivity index (χ4v) is 3.21. The van der Waals surface area contributed by atoms with Crippen molar-refractivity contribution in [2.45, 2.75) is 19.3 Å². The standard InChI is InChI=1S/C21H16O4/c1-13(22)11-16-18(12-14-7-3-2-4-8-14)24-20-15-9-5-6-10-17(15)25-21(23)19(16)20/h2-10,12,16H,11H2,1H3/b18-12-. The Morgan fingerprint density at radius 1 is 1.08 bits per heavy atom. The third-order valence-corrected chi connectivity index (χ3v) is 4.31. The number of carbonyl (C=O) groups is 1. The average molecular weight is 332 g/mol. The van der Waals surface area contributed by atoms with E-state index in [-0.39, 0.29) is 12.2 Å². The van der Waals surface area contributed by atoms with Gasteiger partial charge in [-0.25, -0.2) is 4.79 Å². The molecular weight excluding hydrogens is 316 g/mol. The maximum Gasteiger partial charge on any atom is 0.344 e. The monoisotopic (exact) mass is 332 g/mol. The molecule has 4 nitrogen and oxygen atoms in total. The number of fused-ring (bicyclic) bond motifs is 3. The molecule has 1 unspecified atom stereocenters. The first-order valence-electron chi connectivity index (χ1n) is 8.13. The summed E-state index contributed by atoms with van der Waals surface area (Å²) in [7, 11) is 0. The van der Waals surface area contributed by atoms with Crippen molar-refractivity contribution >= 4 is 22.8 Å². The van der Waals surface area contributed by atoms with E-state index in [1.165, 1.54) is 6.92 Å². The van der Waals surface area contributed by atoms with Gasteiger partial charge in [0.05, 0.1) is 16.9 Å². The Morgan fingerprint density at radius 2 is 1.80 bits per heavy atom. The highest BCUT2D eigenvalue weighted by Crippen LogP contribution is 2.45. The summed E-state index contributed by atoms with van der Waals surface area (Å²) in [5.74, 6) is 0.668. The summed E-state index contributed by atoms with van der Waals surface area (Å²) in [4.78, 5) is 24.3. The van der Waals surface area contributed by atoms with Crippen LogP contribution in [0.1, 0.15) is 30.4 Å². The van der Waals surface area contributed by atoms with Crippen molar-refractivity contribution < 1.29 is 13.9 Å². The van der Waals surface area contributed by atoms with E-state index >= 15 is 0 Å². The lowest BCUT2D eigenvalue weighted by atomic mass is 9.93. The Morgan fingerprint density at radius 3 is 2.56 bits per heavy atom. The van der Waals surface area contributed by atoms with Crippen molar-refractivity contribution in [3.63, 3.8) is 0 Å². The van der Waals surface area contributed by atoms with E-state index in [0.29, 0.717) is 22.7 Å². The van der Waals surface area contributed by atoms with Crippen LogP contribution >= 0.6 is 0 Å². The molecule has 1 aromatic heterocycles. The van der Waals surface area contributed by atoms with Gasteiger partial charge in [0.1, 0.15) is 22.9 Å². The van der Waals surface area contributed by atoms with E-state index in [0.717, 1.165) is 10.9 Å². The highest BCUT2D eigenvalue weighted by molar-refractivity contribution is 5.87. The molecule has 4 rings (SSSR count). The van der Waals surface area contributed by atoms with Crippen LogP contribution in [0, 0.1) is 0 Å². The quantitative estimate of drug-likeness (QED) is 0.671. The molecule has 1 aliphatic heterocycles. The molecule has 4 heteroatoms. The smallest absolute Gasteiger partial charge is 0.344 e. The molecule has 0 radical (unpaired) electrons. The summed E-state index contributed by atoms with van der Waals surface area (Å²) in [5.41, 5.74) is 1.41. The van der Waals surface area contributed by atoms with Crippen molar-refractivity contribution in [1.82, 2.24) is 0 Å². The zero-order valence-corrected chi connectivity index (χ0v) is 13.7. The van der Waals surface area contributed by atoms with Gasteiger partial charge in [-0.2, -0.15) is 0 Å². The summed E-state index contributed by atoms with van der Waals surface area (Å²) in [6.45, 7) is 1.51. The third kappa shape index (κ3) is 2.76. The lowest BCUT2D eigenvalue weighted by Gasteiger charge is -2.08. The number of para-hydroxylation sites is 1. The number of rotatable bonds is 3. The molecule has 2 aromatic carbocycles. The minimum atomic E-state index is -0.448. The topological polar surface area (TPSA) is 56.5 Å². The van der Waals surface area contributed by atoms with Crippen LogP contribution in [0.5, 0.6) is 5.75 Å². The highest BCUT2D eigenvalue weighted by Gasteiger charge is 2.36. The van der Waals surface area contributed by atoms with Crippen LogP contribution in [0.3, 0.4) is 0 Å². The maximum atomic E-state index is 12.5. The molecule has 25 heavy (non-hydrogen) atoms. The average Bonchev–Trinajstić information content (AvgIpc) is 2.94. The van der Waals surface area contributed by atoms with Crippen molar-refractivity contribution in [2.24, 2.45) is 0 Å². The van der Waals surface area contributed by atoms with E-state index in [1.54, 1.807) is 12.1 Å². The van der Waals surface area contributed by atoms with E-state index in [1.807, 2.05) is 48.5 Å². The van der Waals surface area contributed by atoms with Gasteiger partial charge in [-0.3, -0.25) is 4.79 Å². The largest absolute Gasteiger partial charge is 0.460 e. The van der Waals surface area contributed by atoms with Crippen LogP contribution in [0.4, 0.5) is 0 Å². The van der Waals surface area contributed by atoms with Gasteiger partial charge in [-0.1, -0.05) is 42.5 Å². The molecule has 1 aliphatic rings. The number of allylic oxidation sites excluding steroid dienone is 1. The normalized spacial score (nSPS) is 17.5.